The van der Waals surface area contributed by atoms with Gasteiger partial charge in [0, 0.05) is 30.4 Å². The third-order valence-corrected chi connectivity index (χ3v) is 3.37. The second-order valence-corrected chi connectivity index (χ2v) is 4.81. The van der Waals surface area contributed by atoms with Crippen LogP contribution in [0.5, 0.6) is 0 Å². The molecule has 2 N–H and O–H groups in total. The lowest BCUT2D eigenvalue weighted by atomic mass is 10.1. The SMILES string of the molecule is COCCCSc1ccc([C@H](C)N)cc1F. The van der Waals surface area contributed by atoms with Crippen molar-refractivity contribution in [2.24, 2.45) is 5.73 Å². The lowest BCUT2D eigenvalue weighted by Crippen LogP contribution is -2.05. The zero-order valence-electron chi connectivity index (χ0n) is 9.70. The molecule has 0 radical (unpaired) electrons. The van der Waals surface area contributed by atoms with Crippen molar-refractivity contribution in [1.82, 2.24) is 0 Å². The second-order valence-electron chi connectivity index (χ2n) is 3.67. The highest BCUT2D eigenvalue weighted by atomic mass is 32.2. The van der Waals surface area contributed by atoms with Crippen LogP contribution in [0.1, 0.15) is 24.9 Å². The maximum Gasteiger partial charge on any atom is 0.137 e. The van der Waals surface area contributed by atoms with E-state index in [0.717, 1.165) is 17.7 Å². The zero-order valence-corrected chi connectivity index (χ0v) is 10.5. The van der Waals surface area contributed by atoms with Crippen molar-refractivity contribution in [3.05, 3.63) is 29.6 Å². The summed E-state index contributed by atoms with van der Waals surface area (Å²) in [4.78, 5) is 0.681. The summed E-state index contributed by atoms with van der Waals surface area (Å²) in [5.41, 5.74) is 6.51. The van der Waals surface area contributed by atoms with Gasteiger partial charge in [0.1, 0.15) is 5.82 Å². The summed E-state index contributed by atoms with van der Waals surface area (Å²) in [5.74, 6) is 0.680. The van der Waals surface area contributed by atoms with Gasteiger partial charge in [0.05, 0.1) is 0 Å². The van der Waals surface area contributed by atoms with Gasteiger partial charge in [-0.1, -0.05) is 6.07 Å². The molecule has 4 heteroatoms. The lowest BCUT2D eigenvalue weighted by molar-refractivity contribution is 0.200. The van der Waals surface area contributed by atoms with E-state index in [1.165, 1.54) is 17.8 Å². The molecule has 1 rings (SSSR count). The van der Waals surface area contributed by atoms with Gasteiger partial charge in [-0.15, -0.1) is 11.8 Å². The summed E-state index contributed by atoms with van der Waals surface area (Å²) in [5, 5.41) is 0. The molecule has 0 saturated carbocycles. The van der Waals surface area contributed by atoms with Gasteiger partial charge in [0.25, 0.3) is 0 Å². The Balaban J connectivity index is 2.54. The minimum atomic E-state index is -0.183. The normalized spacial score (nSPS) is 12.8. The summed E-state index contributed by atoms with van der Waals surface area (Å²) >= 11 is 1.51. The smallest absolute Gasteiger partial charge is 0.137 e. The largest absolute Gasteiger partial charge is 0.385 e. The van der Waals surface area contributed by atoms with Crippen LogP contribution in [0.4, 0.5) is 4.39 Å². The molecular formula is C12H18FNOS. The van der Waals surface area contributed by atoms with Crippen molar-refractivity contribution in [2.75, 3.05) is 19.5 Å². The van der Waals surface area contributed by atoms with E-state index in [0.29, 0.717) is 11.5 Å². The Morgan fingerprint density at radius 2 is 2.25 bits per heavy atom. The molecule has 2 nitrogen and oxygen atoms in total. The Bertz CT molecular complexity index is 331. The van der Waals surface area contributed by atoms with Crippen LogP contribution in [0.15, 0.2) is 23.1 Å². The van der Waals surface area contributed by atoms with Gasteiger partial charge in [-0.3, -0.25) is 0 Å². The maximum atomic E-state index is 13.6. The minimum Gasteiger partial charge on any atom is -0.385 e. The first-order valence-electron chi connectivity index (χ1n) is 5.32. The molecule has 16 heavy (non-hydrogen) atoms. The summed E-state index contributed by atoms with van der Waals surface area (Å²) in [6, 6.07) is 5.07. The van der Waals surface area contributed by atoms with Crippen molar-refractivity contribution in [3.8, 4) is 0 Å². The average Bonchev–Trinajstić information content (AvgIpc) is 2.26. The molecule has 90 valence electrons. The summed E-state index contributed by atoms with van der Waals surface area (Å²) in [7, 11) is 1.67. The van der Waals surface area contributed by atoms with Gasteiger partial charge >= 0.3 is 0 Å². The highest BCUT2D eigenvalue weighted by Gasteiger charge is 2.06. The summed E-state index contributed by atoms with van der Waals surface area (Å²) in [6.07, 6.45) is 0.926. The molecular weight excluding hydrogens is 225 g/mol. The van der Waals surface area contributed by atoms with E-state index < -0.39 is 0 Å². The Morgan fingerprint density at radius 3 is 2.81 bits per heavy atom. The van der Waals surface area contributed by atoms with Gasteiger partial charge < -0.3 is 10.5 Å². The molecule has 0 aliphatic carbocycles. The number of nitrogens with two attached hydrogens (primary N) is 1. The lowest BCUT2D eigenvalue weighted by Gasteiger charge is -2.08. The Hall–Kier alpha value is -0.580. The molecule has 0 spiro atoms. The number of methoxy groups -OCH3 is 1. The van der Waals surface area contributed by atoms with Crippen LogP contribution in [0.3, 0.4) is 0 Å². The molecule has 0 amide bonds. The van der Waals surface area contributed by atoms with Crippen LogP contribution in [-0.2, 0) is 4.74 Å². The first-order valence-corrected chi connectivity index (χ1v) is 6.30. The number of rotatable bonds is 6. The fourth-order valence-corrected chi connectivity index (χ4v) is 2.15. The molecule has 1 aromatic rings. The molecule has 0 unspecified atom stereocenters. The first kappa shape index (κ1) is 13.5. The van der Waals surface area contributed by atoms with E-state index in [2.05, 4.69) is 0 Å². The van der Waals surface area contributed by atoms with E-state index in [-0.39, 0.29) is 11.9 Å². The number of thioether (sulfide) groups is 1. The molecule has 1 aromatic carbocycles. The first-order chi connectivity index (χ1) is 7.65. The van der Waals surface area contributed by atoms with Gasteiger partial charge in [-0.05, 0) is 31.0 Å². The van der Waals surface area contributed by atoms with E-state index in [1.807, 2.05) is 13.0 Å². The van der Waals surface area contributed by atoms with E-state index in [4.69, 9.17) is 10.5 Å². The van der Waals surface area contributed by atoms with Gasteiger partial charge in [-0.25, -0.2) is 4.39 Å². The topological polar surface area (TPSA) is 35.2 Å². The fraction of sp³-hybridized carbons (Fsp3) is 0.500. The Morgan fingerprint density at radius 1 is 1.50 bits per heavy atom. The monoisotopic (exact) mass is 243 g/mol. The standard InChI is InChI=1S/C12H18FNOS/c1-9(14)10-4-5-12(11(13)8-10)16-7-3-6-15-2/h4-5,8-9H,3,6-7,14H2,1-2H3/t9-/m0/s1. The molecule has 0 saturated heterocycles. The van der Waals surface area contributed by atoms with Crippen molar-refractivity contribution in [3.63, 3.8) is 0 Å². The highest BCUT2D eigenvalue weighted by molar-refractivity contribution is 7.99. The van der Waals surface area contributed by atoms with Crippen LogP contribution < -0.4 is 5.73 Å². The quantitative estimate of drug-likeness (QED) is 0.616. The summed E-state index contributed by atoms with van der Waals surface area (Å²) in [6.45, 7) is 2.56. The molecule has 0 aromatic heterocycles. The number of halogens is 1. The van der Waals surface area contributed by atoms with Gasteiger partial charge in [-0.2, -0.15) is 0 Å². The van der Waals surface area contributed by atoms with Crippen LogP contribution in [0.25, 0.3) is 0 Å². The number of hydrogen-bond acceptors (Lipinski definition) is 3. The maximum absolute atomic E-state index is 13.6. The Labute approximate surface area is 100 Å². The third kappa shape index (κ3) is 4.12. The van der Waals surface area contributed by atoms with Crippen molar-refractivity contribution >= 4 is 11.8 Å². The van der Waals surface area contributed by atoms with Crippen LogP contribution in [0.2, 0.25) is 0 Å². The van der Waals surface area contributed by atoms with Crippen molar-refractivity contribution in [2.45, 2.75) is 24.3 Å². The molecule has 0 aliphatic rings. The second kappa shape index (κ2) is 6.89. The number of hydrogen-bond donors (Lipinski definition) is 1. The molecule has 1 atom stereocenters. The minimum absolute atomic E-state index is 0.123. The van der Waals surface area contributed by atoms with Crippen molar-refractivity contribution in [1.29, 1.82) is 0 Å². The Kier molecular flexibility index (Phi) is 5.80. The van der Waals surface area contributed by atoms with Crippen LogP contribution in [0, 0.1) is 5.82 Å². The zero-order chi connectivity index (χ0) is 12.0. The highest BCUT2D eigenvalue weighted by Crippen LogP contribution is 2.24. The van der Waals surface area contributed by atoms with Gasteiger partial charge in [0.2, 0.25) is 0 Å². The summed E-state index contributed by atoms with van der Waals surface area (Å²) < 4.78 is 18.5. The fourth-order valence-electron chi connectivity index (χ4n) is 1.30. The molecule has 0 fully saturated rings. The van der Waals surface area contributed by atoms with Crippen molar-refractivity contribution < 1.29 is 9.13 Å². The third-order valence-electron chi connectivity index (χ3n) is 2.23. The average molecular weight is 243 g/mol. The number of benzene rings is 1. The van der Waals surface area contributed by atoms with Crippen LogP contribution >= 0.6 is 11.8 Å². The number of ether oxygens (including phenoxy) is 1. The molecule has 0 aliphatic heterocycles. The van der Waals surface area contributed by atoms with Crippen LogP contribution in [-0.4, -0.2) is 19.5 Å². The van der Waals surface area contributed by atoms with Gasteiger partial charge in [0.15, 0.2) is 0 Å². The van der Waals surface area contributed by atoms with E-state index in [9.17, 15) is 4.39 Å². The molecule has 0 heterocycles. The van der Waals surface area contributed by atoms with E-state index in [1.54, 1.807) is 13.2 Å². The predicted octanol–water partition coefficient (Wildman–Crippen LogP) is 2.97. The molecule has 0 bridgehead atoms. The predicted molar refractivity (Wildman–Crippen MR) is 66.2 cm³/mol. The van der Waals surface area contributed by atoms with E-state index >= 15 is 0 Å².